The predicted octanol–water partition coefficient (Wildman–Crippen LogP) is 1.88. The molecule has 2 nitrogen and oxygen atoms in total. The largest absolute Gasteiger partial charge is 0.345 e. The van der Waals surface area contributed by atoms with Gasteiger partial charge in [-0.15, -0.1) is 0 Å². The minimum absolute atomic E-state index is 0.0637. The maximum Gasteiger partial charge on any atom is 0.235 e. The lowest BCUT2D eigenvalue weighted by atomic mass is 10.2. The minimum atomic E-state index is -0.0637. The van der Waals surface area contributed by atoms with Crippen LogP contribution >= 0.6 is 15.9 Å². The third-order valence-corrected chi connectivity index (χ3v) is 1.75. The number of nitrogens with zero attached hydrogens (tertiary/aromatic N) is 1. The van der Waals surface area contributed by atoms with Gasteiger partial charge < -0.3 is 4.90 Å². The minimum Gasteiger partial charge on any atom is -0.345 e. The van der Waals surface area contributed by atoms with Gasteiger partial charge in [-0.1, -0.05) is 29.8 Å². The Hall–Kier alpha value is -0.0500. The van der Waals surface area contributed by atoms with Crippen LogP contribution in [-0.4, -0.2) is 29.2 Å². The van der Waals surface area contributed by atoms with Gasteiger partial charge in [-0.25, -0.2) is 0 Å². The Kier molecular flexibility index (Phi) is 4.73. The fourth-order valence-electron chi connectivity index (χ4n) is 0.941. The first-order chi connectivity index (χ1) is 4.95. The van der Waals surface area contributed by atoms with Gasteiger partial charge in [0.05, 0.1) is 4.83 Å². The molecular weight excluding hydrogens is 206 g/mol. The van der Waals surface area contributed by atoms with Gasteiger partial charge in [0.1, 0.15) is 0 Å². The molecule has 0 saturated carbocycles. The van der Waals surface area contributed by atoms with E-state index in [1.807, 2.05) is 14.0 Å². The van der Waals surface area contributed by atoms with E-state index in [-0.39, 0.29) is 10.7 Å². The van der Waals surface area contributed by atoms with E-state index >= 15 is 0 Å². The van der Waals surface area contributed by atoms with Crippen molar-refractivity contribution in [3.8, 4) is 0 Å². The number of carbonyl (C=O) groups excluding carboxylic acids is 1. The van der Waals surface area contributed by atoms with Crippen LogP contribution in [0.3, 0.4) is 0 Å². The van der Waals surface area contributed by atoms with Crippen molar-refractivity contribution >= 4 is 21.8 Å². The summed E-state index contributed by atoms with van der Waals surface area (Å²) in [5.41, 5.74) is 0. The van der Waals surface area contributed by atoms with Crippen LogP contribution in [0.5, 0.6) is 0 Å². The molecule has 0 bridgehead atoms. The smallest absolute Gasteiger partial charge is 0.235 e. The molecule has 0 rings (SSSR count). The average molecular weight is 222 g/mol. The van der Waals surface area contributed by atoms with Crippen molar-refractivity contribution in [2.45, 2.75) is 25.6 Å². The number of hydrogen-bond donors (Lipinski definition) is 0. The second-order valence-electron chi connectivity index (χ2n) is 3.23. The highest BCUT2D eigenvalue weighted by atomic mass is 79.9. The highest BCUT2D eigenvalue weighted by Gasteiger charge is 2.14. The highest BCUT2D eigenvalue weighted by Crippen LogP contribution is 2.04. The van der Waals surface area contributed by atoms with E-state index in [9.17, 15) is 4.79 Å². The molecule has 0 radical (unpaired) electrons. The molecule has 0 spiro atoms. The maximum atomic E-state index is 11.3. The number of carbonyl (C=O) groups is 1. The van der Waals surface area contributed by atoms with Crippen LogP contribution in [0.15, 0.2) is 0 Å². The van der Waals surface area contributed by atoms with Crippen LogP contribution in [0.1, 0.15) is 20.8 Å². The molecule has 0 fully saturated rings. The van der Waals surface area contributed by atoms with E-state index < -0.39 is 0 Å². The lowest BCUT2D eigenvalue weighted by molar-refractivity contribution is -0.129. The van der Waals surface area contributed by atoms with Gasteiger partial charge in [-0.2, -0.15) is 0 Å². The van der Waals surface area contributed by atoms with Crippen LogP contribution in [0.25, 0.3) is 0 Å². The average Bonchev–Trinajstić information content (AvgIpc) is 1.84. The second-order valence-corrected chi connectivity index (χ2v) is 4.60. The number of rotatable bonds is 3. The number of hydrogen-bond acceptors (Lipinski definition) is 1. The van der Waals surface area contributed by atoms with E-state index in [4.69, 9.17) is 0 Å². The fraction of sp³-hybridized carbons (Fsp3) is 0.875. The van der Waals surface area contributed by atoms with Gasteiger partial charge in [0.2, 0.25) is 5.91 Å². The quantitative estimate of drug-likeness (QED) is 0.667. The first-order valence-corrected chi connectivity index (χ1v) is 4.75. The molecule has 0 aromatic heterocycles. The Balaban J connectivity index is 3.83. The van der Waals surface area contributed by atoms with Gasteiger partial charge in [-0.3, -0.25) is 4.79 Å². The highest BCUT2D eigenvalue weighted by molar-refractivity contribution is 9.10. The molecule has 1 unspecified atom stereocenters. The Labute approximate surface area is 77.1 Å². The summed E-state index contributed by atoms with van der Waals surface area (Å²) in [6.07, 6.45) is 0. The van der Waals surface area contributed by atoms with Gasteiger partial charge in [-0.05, 0) is 12.8 Å². The SMILES string of the molecule is CC(C)CN(C)C(=O)C(C)Br. The van der Waals surface area contributed by atoms with Crippen molar-refractivity contribution in [1.82, 2.24) is 4.90 Å². The molecule has 3 heteroatoms. The van der Waals surface area contributed by atoms with Gasteiger partial charge in [0.25, 0.3) is 0 Å². The Morgan fingerprint density at radius 2 is 1.91 bits per heavy atom. The Bertz CT molecular complexity index is 134. The second kappa shape index (κ2) is 4.75. The van der Waals surface area contributed by atoms with Crippen LogP contribution in [0.2, 0.25) is 0 Å². The molecule has 1 amide bonds. The summed E-state index contributed by atoms with van der Waals surface area (Å²) in [6.45, 7) is 6.87. The number of halogens is 1. The Morgan fingerprint density at radius 1 is 1.45 bits per heavy atom. The zero-order valence-electron chi connectivity index (χ0n) is 7.60. The monoisotopic (exact) mass is 221 g/mol. The Morgan fingerprint density at radius 3 is 2.18 bits per heavy atom. The summed E-state index contributed by atoms with van der Waals surface area (Å²) in [5, 5.41) is 0. The molecular formula is C8H16BrNO. The van der Waals surface area contributed by atoms with Crippen molar-refractivity contribution in [3.05, 3.63) is 0 Å². The van der Waals surface area contributed by atoms with Crippen LogP contribution in [0, 0.1) is 5.92 Å². The summed E-state index contributed by atoms with van der Waals surface area (Å²) < 4.78 is 0. The normalized spacial score (nSPS) is 13.3. The topological polar surface area (TPSA) is 20.3 Å². The maximum absolute atomic E-state index is 11.3. The van der Waals surface area contributed by atoms with Crippen LogP contribution < -0.4 is 0 Å². The summed E-state index contributed by atoms with van der Waals surface area (Å²) >= 11 is 3.24. The van der Waals surface area contributed by atoms with E-state index in [0.717, 1.165) is 6.54 Å². The van der Waals surface area contributed by atoms with Crippen molar-refractivity contribution in [2.24, 2.45) is 5.92 Å². The third-order valence-electron chi connectivity index (χ3n) is 1.36. The van der Waals surface area contributed by atoms with E-state index in [2.05, 4.69) is 29.8 Å². The van der Waals surface area contributed by atoms with Crippen LogP contribution in [-0.2, 0) is 4.79 Å². The molecule has 0 aliphatic heterocycles. The molecule has 0 heterocycles. The molecule has 0 N–H and O–H groups in total. The molecule has 0 aromatic rings. The van der Waals surface area contributed by atoms with E-state index in [1.54, 1.807) is 4.90 Å². The zero-order chi connectivity index (χ0) is 9.02. The number of amides is 1. The lowest BCUT2D eigenvalue weighted by Gasteiger charge is -2.20. The van der Waals surface area contributed by atoms with Crippen molar-refractivity contribution in [1.29, 1.82) is 0 Å². The van der Waals surface area contributed by atoms with Gasteiger partial charge in [0, 0.05) is 13.6 Å². The molecule has 0 aromatic carbocycles. The first kappa shape index (κ1) is 11.0. The summed E-state index contributed by atoms with van der Waals surface area (Å²) in [4.78, 5) is 12.9. The third kappa shape index (κ3) is 4.40. The van der Waals surface area contributed by atoms with Crippen molar-refractivity contribution in [2.75, 3.05) is 13.6 Å². The van der Waals surface area contributed by atoms with Crippen molar-refractivity contribution in [3.63, 3.8) is 0 Å². The van der Waals surface area contributed by atoms with Gasteiger partial charge >= 0.3 is 0 Å². The molecule has 11 heavy (non-hydrogen) atoms. The number of alkyl halides is 1. The van der Waals surface area contributed by atoms with Crippen molar-refractivity contribution < 1.29 is 4.79 Å². The fourth-order valence-corrected chi connectivity index (χ4v) is 1.29. The molecule has 66 valence electrons. The summed E-state index contributed by atoms with van der Waals surface area (Å²) in [5.74, 6) is 0.689. The molecule has 0 aliphatic carbocycles. The molecule has 0 aliphatic rings. The van der Waals surface area contributed by atoms with Gasteiger partial charge in [0.15, 0.2) is 0 Å². The zero-order valence-corrected chi connectivity index (χ0v) is 9.18. The molecule has 0 saturated heterocycles. The first-order valence-electron chi connectivity index (χ1n) is 3.84. The van der Waals surface area contributed by atoms with E-state index in [1.165, 1.54) is 0 Å². The predicted molar refractivity (Wildman–Crippen MR) is 50.9 cm³/mol. The summed E-state index contributed by atoms with van der Waals surface area (Å²) in [6, 6.07) is 0. The summed E-state index contributed by atoms with van der Waals surface area (Å²) in [7, 11) is 1.83. The van der Waals surface area contributed by atoms with E-state index in [0.29, 0.717) is 5.92 Å². The molecule has 1 atom stereocenters. The lowest BCUT2D eigenvalue weighted by Crippen LogP contribution is -2.34. The standard InChI is InChI=1S/C8H16BrNO/c1-6(2)5-10(4)8(11)7(3)9/h6-7H,5H2,1-4H3. The van der Waals surface area contributed by atoms with Crippen LogP contribution in [0.4, 0.5) is 0 Å².